The van der Waals surface area contributed by atoms with Crippen LogP contribution < -0.4 is 20.5 Å². The van der Waals surface area contributed by atoms with Crippen LogP contribution in [0, 0.1) is 5.92 Å². The third-order valence-corrected chi connectivity index (χ3v) is 4.11. The summed E-state index contributed by atoms with van der Waals surface area (Å²) in [6, 6.07) is 0. The molecule has 0 bridgehead atoms. The number of nitrogens with one attached hydrogen (secondary N) is 1. The van der Waals surface area contributed by atoms with Gasteiger partial charge in [-0.15, -0.1) is 0 Å². The second-order valence-corrected chi connectivity index (χ2v) is 6.33. The summed E-state index contributed by atoms with van der Waals surface area (Å²) in [5.74, 6) is -0.100. The van der Waals surface area contributed by atoms with E-state index in [-0.39, 0.29) is 35.0 Å². The van der Waals surface area contributed by atoms with Gasteiger partial charge in [0.1, 0.15) is 13.2 Å². The van der Waals surface area contributed by atoms with Gasteiger partial charge in [-0.25, -0.2) is 4.98 Å². The Kier molecular flexibility index (Phi) is 3.83. The number of primary amides is 1. The molecule has 2 heterocycles. The first-order valence-electron chi connectivity index (χ1n) is 7.68. The van der Waals surface area contributed by atoms with Gasteiger partial charge in [-0.2, -0.15) is 4.98 Å². The molecule has 1 aliphatic carbocycles. The number of aromatic nitrogens is 2. The molecule has 1 fully saturated rings. The van der Waals surface area contributed by atoms with E-state index in [0.717, 1.165) is 19.3 Å². The predicted octanol–water partition coefficient (Wildman–Crippen LogP) is 0.498. The molecule has 1 aliphatic heterocycles. The minimum Gasteiger partial charge on any atom is -0.483 e. The van der Waals surface area contributed by atoms with Crippen molar-refractivity contribution in [2.45, 2.75) is 38.6 Å². The van der Waals surface area contributed by atoms with Gasteiger partial charge in [0, 0.05) is 5.92 Å². The van der Waals surface area contributed by atoms with Crippen LogP contribution in [-0.2, 0) is 10.3 Å². The first kappa shape index (κ1) is 15.5. The Balaban J connectivity index is 1.92. The zero-order valence-electron chi connectivity index (χ0n) is 13.2. The number of rotatable bonds is 4. The molecule has 0 radical (unpaired) electrons. The van der Waals surface area contributed by atoms with Crippen molar-refractivity contribution >= 4 is 11.8 Å². The number of fused-ring (bicyclic) bond motifs is 1. The van der Waals surface area contributed by atoms with Gasteiger partial charge in [-0.3, -0.25) is 9.59 Å². The number of amides is 2. The minimum absolute atomic E-state index is 0.0274. The Labute approximate surface area is 133 Å². The molecular formula is C15H20N4O4. The van der Waals surface area contributed by atoms with E-state index >= 15 is 0 Å². The summed E-state index contributed by atoms with van der Waals surface area (Å²) in [6.45, 7) is 4.19. The van der Waals surface area contributed by atoms with Crippen molar-refractivity contribution in [1.29, 1.82) is 0 Å². The molecule has 8 nitrogen and oxygen atoms in total. The van der Waals surface area contributed by atoms with E-state index in [1.807, 2.05) is 0 Å². The molecule has 2 aliphatic rings. The Hall–Kier alpha value is -2.38. The molecule has 0 saturated heterocycles. The maximum Gasteiger partial charge on any atom is 0.271 e. The molecule has 1 saturated carbocycles. The Morgan fingerprint density at radius 1 is 1.22 bits per heavy atom. The SMILES string of the molecule is CC(C)(NC(=O)C1CCC1)c1nc2c(c(C(N)=O)n1)OCCO2. The van der Waals surface area contributed by atoms with Crippen molar-refractivity contribution in [3.05, 3.63) is 11.5 Å². The van der Waals surface area contributed by atoms with Gasteiger partial charge < -0.3 is 20.5 Å². The molecule has 0 spiro atoms. The highest BCUT2D eigenvalue weighted by Crippen LogP contribution is 2.33. The smallest absolute Gasteiger partial charge is 0.271 e. The van der Waals surface area contributed by atoms with Crippen LogP contribution in [0.1, 0.15) is 49.4 Å². The highest BCUT2D eigenvalue weighted by Gasteiger charge is 2.35. The van der Waals surface area contributed by atoms with Crippen molar-refractivity contribution in [2.75, 3.05) is 13.2 Å². The molecule has 0 unspecified atom stereocenters. The number of ether oxygens (including phenoxy) is 2. The summed E-state index contributed by atoms with van der Waals surface area (Å²) in [5.41, 5.74) is 4.49. The van der Waals surface area contributed by atoms with Gasteiger partial charge in [-0.1, -0.05) is 6.42 Å². The lowest BCUT2D eigenvalue weighted by atomic mass is 9.84. The lowest BCUT2D eigenvalue weighted by molar-refractivity contribution is -0.129. The quantitative estimate of drug-likeness (QED) is 0.834. The van der Waals surface area contributed by atoms with Crippen LogP contribution in [0.15, 0.2) is 0 Å². The van der Waals surface area contributed by atoms with Gasteiger partial charge in [-0.05, 0) is 26.7 Å². The highest BCUT2D eigenvalue weighted by molar-refractivity contribution is 5.94. The lowest BCUT2D eigenvalue weighted by Crippen LogP contribution is -2.46. The summed E-state index contributed by atoms with van der Waals surface area (Å²) in [4.78, 5) is 32.4. The second kappa shape index (κ2) is 5.68. The Morgan fingerprint density at radius 3 is 2.52 bits per heavy atom. The third kappa shape index (κ3) is 2.93. The summed E-state index contributed by atoms with van der Waals surface area (Å²) < 4.78 is 10.8. The molecule has 8 heteroatoms. The minimum atomic E-state index is -0.854. The van der Waals surface area contributed by atoms with Crippen LogP contribution in [-0.4, -0.2) is 35.0 Å². The van der Waals surface area contributed by atoms with E-state index in [0.29, 0.717) is 13.2 Å². The zero-order valence-corrected chi connectivity index (χ0v) is 13.2. The molecule has 23 heavy (non-hydrogen) atoms. The monoisotopic (exact) mass is 320 g/mol. The van der Waals surface area contributed by atoms with E-state index in [9.17, 15) is 9.59 Å². The summed E-state index contributed by atoms with van der Waals surface area (Å²) in [5, 5.41) is 2.94. The summed E-state index contributed by atoms with van der Waals surface area (Å²) >= 11 is 0. The van der Waals surface area contributed by atoms with Crippen LogP contribution in [0.3, 0.4) is 0 Å². The largest absolute Gasteiger partial charge is 0.483 e. The van der Waals surface area contributed by atoms with Crippen molar-refractivity contribution < 1.29 is 19.1 Å². The molecule has 3 rings (SSSR count). The molecule has 2 amide bonds. The normalized spacial score (nSPS) is 17.3. The van der Waals surface area contributed by atoms with Crippen LogP contribution in [0.2, 0.25) is 0 Å². The van der Waals surface area contributed by atoms with E-state index in [1.54, 1.807) is 13.8 Å². The van der Waals surface area contributed by atoms with E-state index in [4.69, 9.17) is 15.2 Å². The van der Waals surface area contributed by atoms with Crippen molar-refractivity contribution in [3.63, 3.8) is 0 Å². The number of hydrogen-bond acceptors (Lipinski definition) is 6. The van der Waals surface area contributed by atoms with Crippen LogP contribution in [0.25, 0.3) is 0 Å². The molecule has 1 aromatic rings. The van der Waals surface area contributed by atoms with E-state index < -0.39 is 11.4 Å². The van der Waals surface area contributed by atoms with Crippen molar-refractivity contribution in [2.24, 2.45) is 11.7 Å². The number of carbonyl (C=O) groups excluding carboxylic acids is 2. The molecule has 0 atom stereocenters. The fourth-order valence-electron chi connectivity index (χ4n) is 2.52. The Morgan fingerprint density at radius 2 is 1.91 bits per heavy atom. The molecule has 124 valence electrons. The topological polar surface area (TPSA) is 116 Å². The number of hydrogen-bond donors (Lipinski definition) is 2. The fraction of sp³-hybridized carbons (Fsp3) is 0.600. The van der Waals surface area contributed by atoms with Crippen LogP contribution >= 0.6 is 0 Å². The molecule has 0 aromatic carbocycles. The maximum atomic E-state index is 12.2. The van der Waals surface area contributed by atoms with Crippen LogP contribution in [0.4, 0.5) is 0 Å². The molecular weight excluding hydrogens is 300 g/mol. The summed E-state index contributed by atoms with van der Waals surface area (Å²) in [7, 11) is 0. The standard InChI is InChI=1S/C15H20N4O4/c1-15(2,19-12(21)8-4-3-5-8)14-17-9(11(16)20)10-13(18-14)23-7-6-22-10/h8H,3-7H2,1-2H3,(H2,16,20)(H,19,21). The number of carbonyl (C=O) groups is 2. The highest BCUT2D eigenvalue weighted by atomic mass is 16.6. The van der Waals surface area contributed by atoms with E-state index in [2.05, 4.69) is 15.3 Å². The molecule has 1 aromatic heterocycles. The average molecular weight is 320 g/mol. The van der Waals surface area contributed by atoms with Gasteiger partial charge in [0.05, 0.1) is 5.54 Å². The summed E-state index contributed by atoms with van der Waals surface area (Å²) in [6.07, 6.45) is 2.87. The second-order valence-electron chi connectivity index (χ2n) is 6.33. The van der Waals surface area contributed by atoms with Gasteiger partial charge in [0.2, 0.25) is 11.7 Å². The molecule has 3 N–H and O–H groups in total. The van der Waals surface area contributed by atoms with E-state index in [1.165, 1.54) is 0 Å². The first-order chi connectivity index (χ1) is 10.9. The predicted molar refractivity (Wildman–Crippen MR) is 80.0 cm³/mol. The lowest BCUT2D eigenvalue weighted by Gasteiger charge is -2.31. The van der Waals surface area contributed by atoms with Gasteiger partial charge in [0.25, 0.3) is 11.8 Å². The number of nitrogens with zero attached hydrogens (tertiary/aromatic N) is 2. The third-order valence-electron chi connectivity index (χ3n) is 4.11. The first-order valence-corrected chi connectivity index (χ1v) is 7.68. The zero-order chi connectivity index (χ0) is 16.6. The van der Waals surface area contributed by atoms with Crippen molar-refractivity contribution in [3.8, 4) is 11.6 Å². The van der Waals surface area contributed by atoms with Crippen LogP contribution in [0.5, 0.6) is 11.6 Å². The Bertz CT molecular complexity index is 655. The maximum absolute atomic E-state index is 12.2. The number of nitrogens with two attached hydrogens (primary N) is 1. The fourth-order valence-corrected chi connectivity index (χ4v) is 2.52. The van der Waals surface area contributed by atoms with Crippen molar-refractivity contribution in [1.82, 2.24) is 15.3 Å². The van der Waals surface area contributed by atoms with Gasteiger partial charge >= 0.3 is 0 Å². The van der Waals surface area contributed by atoms with Gasteiger partial charge in [0.15, 0.2) is 11.5 Å². The average Bonchev–Trinajstić information content (AvgIpc) is 2.43.